The fraction of sp³-hybridized carbons (Fsp3) is 0.667. The van der Waals surface area contributed by atoms with Gasteiger partial charge >= 0.3 is 0 Å². The molecular formula is C21H33FO. The number of Topliss-reactive ketones (excluding diaryl/α,β-unsaturated/α-hetero) is 1. The molecule has 1 rings (SSSR count). The van der Waals surface area contributed by atoms with E-state index in [0.29, 0.717) is 12.0 Å². The van der Waals surface area contributed by atoms with Gasteiger partial charge in [-0.05, 0) is 31.0 Å². The highest BCUT2D eigenvalue weighted by Crippen LogP contribution is 2.16. The smallest absolute Gasteiger partial charge is 0.163 e. The molecule has 0 aliphatic carbocycles. The lowest BCUT2D eigenvalue weighted by Gasteiger charge is -2.05. The molecule has 0 saturated carbocycles. The molecule has 0 aliphatic heterocycles. The minimum atomic E-state index is -0.321. The van der Waals surface area contributed by atoms with Crippen LogP contribution in [0.2, 0.25) is 0 Å². The lowest BCUT2D eigenvalue weighted by molar-refractivity contribution is 0.0978. The summed E-state index contributed by atoms with van der Waals surface area (Å²) in [6.45, 7) is 4.12. The average molecular weight is 320 g/mol. The molecule has 0 bridgehead atoms. The Bertz CT molecular complexity index is 453. The van der Waals surface area contributed by atoms with Crippen LogP contribution in [0.15, 0.2) is 18.2 Å². The summed E-state index contributed by atoms with van der Waals surface area (Å²) in [5, 5.41) is 0. The number of rotatable bonds is 13. The van der Waals surface area contributed by atoms with Crippen molar-refractivity contribution in [3.8, 4) is 0 Å². The maximum atomic E-state index is 13.2. The summed E-state index contributed by atoms with van der Waals surface area (Å²) in [5.74, 6) is -0.240. The Morgan fingerprint density at radius 3 is 1.96 bits per heavy atom. The maximum absolute atomic E-state index is 13.2. The largest absolute Gasteiger partial charge is 0.294 e. The van der Waals surface area contributed by atoms with E-state index in [2.05, 4.69) is 6.92 Å². The van der Waals surface area contributed by atoms with Crippen molar-refractivity contribution in [1.29, 1.82) is 0 Å². The molecule has 1 aromatic rings. The van der Waals surface area contributed by atoms with E-state index in [0.717, 1.165) is 18.4 Å². The van der Waals surface area contributed by atoms with E-state index in [9.17, 15) is 9.18 Å². The van der Waals surface area contributed by atoms with Crippen LogP contribution in [0.25, 0.3) is 0 Å². The highest BCUT2D eigenvalue weighted by Gasteiger charge is 2.09. The molecule has 1 nitrogen and oxygen atoms in total. The molecule has 0 radical (unpaired) electrons. The van der Waals surface area contributed by atoms with Gasteiger partial charge in [-0.1, -0.05) is 77.2 Å². The lowest BCUT2D eigenvalue weighted by atomic mass is 9.99. The molecule has 130 valence electrons. The fourth-order valence-corrected chi connectivity index (χ4v) is 2.98. The number of aryl methyl sites for hydroxylation is 1. The number of carbonyl (C=O) groups excluding carboxylic acids is 1. The number of hydrogen-bond donors (Lipinski definition) is 0. The Hall–Kier alpha value is -1.18. The summed E-state index contributed by atoms with van der Waals surface area (Å²) in [5.41, 5.74) is 1.43. The fourth-order valence-electron chi connectivity index (χ4n) is 2.98. The zero-order valence-corrected chi connectivity index (χ0v) is 15.0. The molecule has 23 heavy (non-hydrogen) atoms. The first-order chi connectivity index (χ1) is 11.1. The van der Waals surface area contributed by atoms with Crippen molar-refractivity contribution >= 4 is 5.78 Å². The predicted octanol–water partition coefficient (Wildman–Crippen LogP) is 7.02. The maximum Gasteiger partial charge on any atom is 0.163 e. The molecule has 0 aliphatic rings. The Morgan fingerprint density at radius 1 is 0.870 bits per heavy atom. The minimum Gasteiger partial charge on any atom is -0.294 e. The number of carbonyl (C=O) groups is 1. The third-order valence-electron chi connectivity index (χ3n) is 4.51. The van der Waals surface area contributed by atoms with Gasteiger partial charge in [0, 0.05) is 12.0 Å². The van der Waals surface area contributed by atoms with Gasteiger partial charge in [0.2, 0.25) is 0 Å². The predicted molar refractivity (Wildman–Crippen MR) is 96.5 cm³/mol. The van der Waals surface area contributed by atoms with Crippen molar-refractivity contribution in [2.75, 3.05) is 0 Å². The number of halogens is 1. The SMILES string of the molecule is CCCCCCCCCCCCCC(=O)c1cc(F)ccc1C. The van der Waals surface area contributed by atoms with Gasteiger partial charge in [0.25, 0.3) is 0 Å². The van der Waals surface area contributed by atoms with Crippen LogP contribution in [-0.4, -0.2) is 5.78 Å². The monoisotopic (exact) mass is 320 g/mol. The van der Waals surface area contributed by atoms with Gasteiger partial charge in [0.1, 0.15) is 5.82 Å². The van der Waals surface area contributed by atoms with Crippen molar-refractivity contribution in [2.45, 2.75) is 90.9 Å². The topological polar surface area (TPSA) is 17.1 Å². The van der Waals surface area contributed by atoms with E-state index in [1.807, 2.05) is 6.92 Å². The molecule has 2 heteroatoms. The second kappa shape index (κ2) is 12.3. The summed E-state index contributed by atoms with van der Waals surface area (Å²) in [6, 6.07) is 4.47. The molecule has 0 saturated heterocycles. The van der Waals surface area contributed by atoms with Gasteiger partial charge in [-0.25, -0.2) is 4.39 Å². The molecule has 0 unspecified atom stereocenters. The van der Waals surface area contributed by atoms with Crippen molar-refractivity contribution in [2.24, 2.45) is 0 Å². The Kier molecular flexibility index (Phi) is 10.6. The molecule has 0 amide bonds. The van der Waals surface area contributed by atoms with Gasteiger partial charge in [-0.3, -0.25) is 4.79 Å². The summed E-state index contributed by atoms with van der Waals surface area (Å²) in [4.78, 5) is 12.1. The van der Waals surface area contributed by atoms with Crippen LogP contribution in [0.3, 0.4) is 0 Å². The van der Waals surface area contributed by atoms with E-state index in [1.165, 1.54) is 69.9 Å². The van der Waals surface area contributed by atoms with Crippen LogP contribution in [0.1, 0.15) is 99.9 Å². The zero-order chi connectivity index (χ0) is 16.9. The van der Waals surface area contributed by atoms with Gasteiger partial charge in [0.15, 0.2) is 5.78 Å². The first kappa shape index (κ1) is 19.9. The van der Waals surface area contributed by atoms with E-state index in [-0.39, 0.29) is 11.6 Å². The summed E-state index contributed by atoms with van der Waals surface area (Å²) < 4.78 is 13.2. The molecular weight excluding hydrogens is 287 g/mol. The van der Waals surface area contributed by atoms with E-state index < -0.39 is 0 Å². The number of ketones is 1. The van der Waals surface area contributed by atoms with Gasteiger partial charge < -0.3 is 0 Å². The third-order valence-corrected chi connectivity index (χ3v) is 4.51. The van der Waals surface area contributed by atoms with Gasteiger partial charge in [-0.15, -0.1) is 0 Å². The first-order valence-electron chi connectivity index (χ1n) is 9.44. The Labute approximate surface area is 141 Å². The third kappa shape index (κ3) is 8.88. The van der Waals surface area contributed by atoms with Crippen LogP contribution in [0.5, 0.6) is 0 Å². The molecule has 1 aromatic carbocycles. The average Bonchev–Trinajstić information content (AvgIpc) is 2.54. The van der Waals surface area contributed by atoms with Crippen LogP contribution in [0.4, 0.5) is 4.39 Å². The van der Waals surface area contributed by atoms with E-state index in [1.54, 1.807) is 6.07 Å². The number of benzene rings is 1. The highest BCUT2D eigenvalue weighted by molar-refractivity contribution is 5.97. The van der Waals surface area contributed by atoms with Crippen molar-refractivity contribution in [3.63, 3.8) is 0 Å². The zero-order valence-electron chi connectivity index (χ0n) is 15.0. The van der Waals surface area contributed by atoms with Crippen LogP contribution in [0, 0.1) is 12.7 Å². The van der Waals surface area contributed by atoms with Gasteiger partial charge in [-0.2, -0.15) is 0 Å². The van der Waals surface area contributed by atoms with Crippen LogP contribution < -0.4 is 0 Å². The molecule has 0 N–H and O–H groups in total. The second-order valence-electron chi connectivity index (χ2n) is 6.67. The van der Waals surface area contributed by atoms with E-state index in [4.69, 9.17) is 0 Å². The van der Waals surface area contributed by atoms with Crippen molar-refractivity contribution in [3.05, 3.63) is 35.1 Å². The number of hydrogen-bond acceptors (Lipinski definition) is 1. The molecule has 0 aromatic heterocycles. The number of unbranched alkanes of at least 4 members (excludes halogenated alkanes) is 10. The standard InChI is InChI=1S/C21H33FO/c1-3-4-5-6-7-8-9-10-11-12-13-14-21(23)20-17-19(22)16-15-18(20)2/h15-17H,3-14H2,1-2H3. The van der Waals surface area contributed by atoms with E-state index >= 15 is 0 Å². The molecule has 0 fully saturated rings. The van der Waals surface area contributed by atoms with Crippen molar-refractivity contribution in [1.82, 2.24) is 0 Å². The molecule has 0 heterocycles. The van der Waals surface area contributed by atoms with Gasteiger partial charge in [0.05, 0.1) is 0 Å². The second-order valence-corrected chi connectivity index (χ2v) is 6.67. The summed E-state index contributed by atoms with van der Waals surface area (Å²) in [6.07, 6.45) is 14.6. The first-order valence-corrected chi connectivity index (χ1v) is 9.44. The lowest BCUT2D eigenvalue weighted by Crippen LogP contribution is -2.02. The van der Waals surface area contributed by atoms with Crippen LogP contribution in [-0.2, 0) is 0 Å². The summed E-state index contributed by atoms with van der Waals surface area (Å²) >= 11 is 0. The quantitative estimate of drug-likeness (QED) is 0.282. The Morgan fingerprint density at radius 2 is 1.39 bits per heavy atom. The normalized spacial score (nSPS) is 10.9. The summed E-state index contributed by atoms with van der Waals surface area (Å²) in [7, 11) is 0. The van der Waals surface area contributed by atoms with Crippen molar-refractivity contribution < 1.29 is 9.18 Å². The highest BCUT2D eigenvalue weighted by atomic mass is 19.1. The molecule has 0 spiro atoms. The Balaban J connectivity index is 2.02. The molecule has 0 atom stereocenters. The minimum absolute atomic E-state index is 0.0814. The van der Waals surface area contributed by atoms with Crippen LogP contribution >= 0.6 is 0 Å².